The maximum atomic E-state index is 12.7. The van der Waals surface area contributed by atoms with Gasteiger partial charge in [0.05, 0.1) is 10.6 Å². The van der Waals surface area contributed by atoms with Crippen molar-refractivity contribution >= 4 is 10.0 Å². The van der Waals surface area contributed by atoms with Crippen LogP contribution in [0, 0.1) is 19.3 Å². The Hall–Kier alpha value is -1.70. The van der Waals surface area contributed by atoms with E-state index in [-0.39, 0.29) is 11.5 Å². The minimum absolute atomic E-state index is 0.0453. The molecule has 1 atom stereocenters. The van der Waals surface area contributed by atoms with E-state index in [9.17, 15) is 8.42 Å². The van der Waals surface area contributed by atoms with Crippen LogP contribution in [0.1, 0.15) is 42.7 Å². The third-order valence-electron chi connectivity index (χ3n) is 6.44. The molecule has 27 heavy (non-hydrogen) atoms. The predicted molar refractivity (Wildman–Crippen MR) is 103 cm³/mol. The van der Waals surface area contributed by atoms with Crippen LogP contribution in [0.25, 0.3) is 0 Å². The van der Waals surface area contributed by atoms with Crippen LogP contribution in [0.3, 0.4) is 0 Å². The molecule has 2 aliphatic rings. The number of piperidine rings is 1. The van der Waals surface area contributed by atoms with Crippen molar-refractivity contribution in [2.45, 2.75) is 57.0 Å². The molecular weight excluding hydrogens is 362 g/mol. The van der Waals surface area contributed by atoms with Gasteiger partial charge >= 0.3 is 0 Å². The van der Waals surface area contributed by atoms with E-state index in [1.807, 2.05) is 19.9 Å². The second-order valence-corrected chi connectivity index (χ2v) is 9.68. The number of aromatic nitrogens is 1. The summed E-state index contributed by atoms with van der Waals surface area (Å²) < 4.78 is 33.6. The molecule has 7 heteroatoms. The lowest BCUT2D eigenvalue weighted by atomic mass is 9.59. The molecule has 1 N–H and O–H groups in total. The smallest absolute Gasteiger partial charge is 0.240 e. The summed E-state index contributed by atoms with van der Waals surface area (Å²) >= 11 is 0. The Morgan fingerprint density at radius 1 is 1.19 bits per heavy atom. The van der Waals surface area contributed by atoms with Gasteiger partial charge in [0.25, 0.3) is 0 Å². The summed E-state index contributed by atoms with van der Waals surface area (Å²) in [5, 5.41) is 4.04. The van der Waals surface area contributed by atoms with E-state index in [0.29, 0.717) is 4.90 Å². The van der Waals surface area contributed by atoms with Crippen LogP contribution >= 0.6 is 0 Å². The van der Waals surface area contributed by atoms with Gasteiger partial charge in [0.2, 0.25) is 10.0 Å². The van der Waals surface area contributed by atoms with Crippen molar-refractivity contribution in [3.63, 3.8) is 0 Å². The first kappa shape index (κ1) is 18.7. The first-order chi connectivity index (χ1) is 12.9. The van der Waals surface area contributed by atoms with Gasteiger partial charge in [-0.3, -0.25) is 4.90 Å². The molecule has 0 amide bonds. The summed E-state index contributed by atoms with van der Waals surface area (Å²) in [6.45, 7) is 6.76. The zero-order valence-electron chi connectivity index (χ0n) is 15.9. The Kier molecular flexibility index (Phi) is 4.86. The Morgan fingerprint density at radius 2 is 1.89 bits per heavy atom. The second kappa shape index (κ2) is 7.04. The molecule has 1 aromatic heterocycles. The molecule has 0 radical (unpaired) electrons. The summed E-state index contributed by atoms with van der Waals surface area (Å²) in [7, 11) is -3.45. The highest BCUT2D eigenvalue weighted by Crippen LogP contribution is 2.49. The average molecular weight is 390 g/mol. The van der Waals surface area contributed by atoms with Crippen molar-refractivity contribution in [1.82, 2.24) is 14.8 Å². The first-order valence-corrected chi connectivity index (χ1v) is 11.1. The highest BCUT2D eigenvalue weighted by Gasteiger charge is 2.49. The Balaban J connectivity index is 1.38. The fourth-order valence-electron chi connectivity index (χ4n) is 4.44. The largest absolute Gasteiger partial charge is 0.361 e. The Bertz CT molecular complexity index is 880. The monoisotopic (exact) mass is 389 g/mol. The first-order valence-electron chi connectivity index (χ1n) is 9.61. The van der Waals surface area contributed by atoms with Crippen molar-refractivity contribution in [2.75, 3.05) is 13.1 Å². The summed E-state index contributed by atoms with van der Waals surface area (Å²) in [6.07, 6.45) is 4.08. The fraction of sp³-hybridized carbons (Fsp3) is 0.550. The van der Waals surface area contributed by atoms with Gasteiger partial charge in [0.15, 0.2) is 0 Å². The molecule has 2 heterocycles. The van der Waals surface area contributed by atoms with E-state index < -0.39 is 10.0 Å². The maximum Gasteiger partial charge on any atom is 0.240 e. The van der Waals surface area contributed by atoms with E-state index in [2.05, 4.69) is 14.8 Å². The summed E-state index contributed by atoms with van der Waals surface area (Å²) in [4.78, 5) is 2.78. The molecule has 1 saturated heterocycles. The van der Waals surface area contributed by atoms with E-state index in [0.717, 1.165) is 56.8 Å². The van der Waals surface area contributed by atoms with Gasteiger partial charge in [0, 0.05) is 18.2 Å². The number of benzene rings is 1. The molecule has 4 rings (SSSR count). The molecule has 1 spiro atoms. The molecule has 1 saturated carbocycles. The number of aryl methyl sites for hydroxylation is 2. The molecule has 1 aromatic carbocycles. The predicted octanol–water partition coefficient (Wildman–Crippen LogP) is 3.01. The number of likely N-dealkylation sites (tertiary alicyclic amines) is 1. The number of nitrogens with zero attached hydrogens (tertiary/aromatic N) is 2. The van der Waals surface area contributed by atoms with Gasteiger partial charge in [-0.15, -0.1) is 0 Å². The maximum absolute atomic E-state index is 12.7. The van der Waals surface area contributed by atoms with Crippen molar-refractivity contribution in [1.29, 1.82) is 0 Å². The summed E-state index contributed by atoms with van der Waals surface area (Å²) in [5.41, 5.74) is 2.25. The lowest BCUT2D eigenvalue weighted by Crippen LogP contribution is -2.58. The summed E-state index contributed by atoms with van der Waals surface area (Å²) in [6, 6.07) is 8.71. The number of sulfonamides is 1. The van der Waals surface area contributed by atoms with Gasteiger partial charge in [-0.25, -0.2) is 13.1 Å². The van der Waals surface area contributed by atoms with E-state index in [4.69, 9.17) is 4.52 Å². The molecule has 1 aliphatic carbocycles. The highest BCUT2D eigenvalue weighted by molar-refractivity contribution is 7.89. The molecule has 2 fully saturated rings. The molecule has 0 bridgehead atoms. The average Bonchev–Trinajstić information content (AvgIpc) is 2.99. The molecule has 6 nitrogen and oxygen atoms in total. The normalized spacial score (nSPS) is 22.7. The van der Waals surface area contributed by atoms with Crippen LogP contribution in [0.15, 0.2) is 39.8 Å². The van der Waals surface area contributed by atoms with Crippen LogP contribution < -0.4 is 4.72 Å². The Labute approximate surface area is 161 Å². The number of hydrogen-bond acceptors (Lipinski definition) is 5. The lowest BCUT2D eigenvalue weighted by Gasteiger charge is -2.54. The zero-order chi connectivity index (χ0) is 19.1. The van der Waals surface area contributed by atoms with Gasteiger partial charge in [0.1, 0.15) is 5.76 Å². The third kappa shape index (κ3) is 3.56. The minimum Gasteiger partial charge on any atom is -0.361 e. The number of rotatable bonds is 5. The summed E-state index contributed by atoms with van der Waals surface area (Å²) in [5.74, 6) is 0.893. The van der Waals surface area contributed by atoms with Gasteiger partial charge < -0.3 is 4.52 Å². The standard InChI is InChI=1S/C20H27N3O3S/c1-15-18(16(2)26-21-15)14-23-12-10-20(11-13-23)9-8-19(20)22-27(24,25)17-6-4-3-5-7-17/h3-7,19,22H,8-14H2,1-2H3. The topological polar surface area (TPSA) is 75.4 Å². The van der Waals surface area contributed by atoms with E-state index in [1.165, 1.54) is 5.56 Å². The minimum atomic E-state index is -3.45. The second-order valence-electron chi connectivity index (χ2n) is 7.97. The van der Waals surface area contributed by atoms with Crippen LogP contribution in [-0.4, -0.2) is 37.6 Å². The molecule has 1 unspecified atom stereocenters. The van der Waals surface area contributed by atoms with Crippen LogP contribution in [0.4, 0.5) is 0 Å². The lowest BCUT2D eigenvalue weighted by molar-refractivity contribution is 0.000564. The van der Waals surface area contributed by atoms with Gasteiger partial charge in [-0.05, 0) is 70.2 Å². The van der Waals surface area contributed by atoms with Crippen LogP contribution in [-0.2, 0) is 16.6 Å². The third-order valence-corrected chi connectivity index (χ3v) is 7.92. The molecular formula is C20H27N3O3S. The highest BCUT2D eigenvalue weighted by atomic mass is 32.2. The van der Waals surface area contributed by atoms with E-state index in [1.54, 1.807) is 24.3 Å². The van der Waals surface area contributed by atoms with Gasteiger partial charge in [-0.2, -0.15) is 0 Å². The Morgan fingerprint density at radius 3 is 2.44 bits per heavy atom. The van der Waals surface area contributed by atoms with Gasteiger partial charge in [-0.1, -0.05) is 23.4 Å². The van der Waals surface area contributed by atoms with Crippen molar-refractivity contribution in [3.8, 4) is 0 Å². The SMILES string of the molecule is Cc1noc(C)c1CN1CCC2(CCC2NS(=O)(=O)c2ccccc2)CC1. The number of nitrogens with one attached hydrogen (secondary N) is 1. The molecule has 2 aromatic rings. The van der Waals surface area contributed by atoms with Crippen LogP contribution in [0.2, 0.25) is 0 Å². The zero-order valence-corrected chi connectivity index (χ0v) is 16.8. The van der Waals surface area contributed by atoms with Crippen molar-refractivity contribution in [2.24, 2.45) is 5.41 Å². The van der Waals surface area contributed by atoms with Crippen molar-refractivity contribution < 1.29 is 12.9 Å². The molecule has 1 aliphatic heterocycles. The fourth-order valence-corrected chi connectivity index (χ4v) is 5.84. The van der Waals surface area contributed by atoms with E-state index >= 15 is 0 Å². The quantitative estimate of drug-likeness (QED) is 0.851. The van der Waals surface area contributed by atoms with Crippen LogP contribution in [0.5, 0.6) is 0 Å². The van der Waals surface area contributed by atoms with Crippen molar-refractivity contribution in [3.05, 3.63) is 47.3 Å². The molecule has 146 valence electrons. The number of hydrogen-bond donors (Lipinski definition) is 1.